The number of amides is 1. The van der Waals surface area contributed by atoms with Crippen molar-refractivity contribution < 1.29 is 9.53 Å². The molecule has 1 amide bonds. The fourth-order valence-corrected chi connectivity index (χ4v) is 3.56. The summed E-state index contributed by atoms with van der Waals surface area (Å²) in [6, 6.07) is 12.0. The number of thioether (sulfide) groups is 1. The number of benzene rings is 2. The summed E-state index contributed by atoms with van der Waals surface area (Å²) < 4.78 is 6.59. The Hall–Kier alpha value is -2.51. The highest BCUT2D eigenvalue weighted by atomic mass is 35.5. The van der Waals surface area contributed by atoms with Crippen LogP contribution < -0.4 is 16.0 Å². The maximum atomic E-state index is 13.1. The number of nitrogens with zero attached hydrogens (tertiary/aromatic N) is 2. The number of nitrogens with two attached hydrogens (primary N) is 1. The van der Waals surface area contributed by atoms with Gasteiger partial charge in [0.15, 0.2) is 5.16 Å². The molecule has 1 atom stereocenters. The normalized spacial score (nSPS) is 12.1. The summed E-state index contributed by atoms with van der Waals surface area (Å²) in [5.74, 6) is 0.00800. The van der Waals surface area contributed by atoms with Crippen LogP contribution in [0.25, 0.3) is 16.6 Å². The number of halogens is 1. The molecule has 134 valence electrons. The Morgan fingerprint density at radius 2 is 2.04 bits per heavy atom. The molecule has 2 N–H and O–H groups in total. The van der Waals surface area contributed by atoms with E-state index in [0.717, 1.165) is 11.8 Å². The molecule has 0 aliphatic carbocycles. The van der Waals surface area contributed by atoms with E-state index in [-0.39, 0.29) is 5.56 Å². The maximum Gasteiger partial charge on any atom is 0.266 e. The van der Waals surface area contributed by atoms with Gasteiger partial charge in [0.1, 0.15) is 5.75 Å². The molecule has 0 aliphatic heterocycles. The summed E-state index contributed by atoms with van der Waals surface area (Å²) in [7, 11) is 1.51. The zero-order valence-electron chi connectivity index (χ0n) is 14.1. The molecule has 0 bridgehead atoms. The summed E-state index contributed by atoms with van der Waals surface area (Å²) >= 11 is 7.34. The van der Waals surface area contributed by atoms with Crippen LogP contribution in [0.1, 0.15) is 6.92 Å². The van der Waals surface area contributed by atoms with Gasteiger partial charge in [-0.25, -0.2) is 4.98 Å². The zero-order valence-corrected chi connectivity index (χ0v) is 15.7. The molecular formula is C18H16ClN3O3S. The van der Waals surface area contributed by atoms with Crippen molar-refractivity contribution in [1.29, 1.82) is 0 Å². The first-order chi connectivity index (χ1) is 12.4. The van der Waals surface area contributed by atoms with E-state index in [1.54, 1.807) is 49.4 Å². The van der Waals surface area contributed by atoms with Gasteiger partial charge in [0.25, 0.3) is 5.56 Å². The number of hydrogen-bond acceptors (Lipinski definition) is 5. The van der Waals surface area contributed by atoms with E-state index in [9.17, 15) is 9.59 Å². The Balaban J connectivity index is 2.27. The fraction of sp³-hybridized carbons (Fsp3) is 0.167. The van der Waals surface area contributed by atoms with Crippen LogP contribution in [0.3, 0.4) is 0 Å². The van der Waals surface area contributed by atoms with Crippen LogP contribution in [-0.4, -0.2) is 27.8 Å². The van der Waals surface area contributed by atoms with Gasteiger partial charge in [-0.1, -0.05) is 35.5 Å². The van der Waals surface area contributed by atoms with Gasteiger partial charge in [-0.05, 0) is 37.3 Å². The molecule has 0 fully saturated rings. The lowest BCUT2D eigenvalue weighted by atomic mass is 10.2. The predicted molar refractivity (Wildman–Crippen MR) is 103 cm³/mol. The lowest BCUT2D eigenvalue weighted by Crippen LogP contribution is -2.26. The minimum atomic E-state index is -0.553. The van der Waals surface area contributed by atoms with E-state index < -0.39 is 11.2 Å². The van der Waals surface area contributed by atoms with Crippen LogP contribution in [0.15, 0.2) is 52.4 Å². The van der Waals surface area contributed by atoms with Gasteiger partial charge in [-0.15, -0.1) is 0 Å². The largest absolute Gasteiger partial charge is 0.495 e. The second-order valence-corrected chi connectivity index (χ2v) is 7.25. The van der Waals surface area contributed by atoms with Crippen LogP contribution in [0.2, 0.25) is 5.02 Å². The van der Waals surface area contributed by atoms with Gasteiger partial charge in [-0.3, -0.25) is 14.2 Å². The third-order valence-electron chi connectivity index (χ3n) is 3.82. The lowest BCUT2D eigenvalue weighted by Gasteiger charge is -2.15. The average Bonchev–Trinajstić information content (AvgIpc) is 2.62. The van der Waals surface area contributed by atoms with Gasteiger partial charge in [0.05, 0.1) is 34.0 Å². The van der Waals surface area contributed by atoms with Crippen molar-refractivity contribution in [3.8, 4) is 11.4 Å². The molecule has 3 aromatic rings. The van der Waals surface area contributed by atoms with E-state index in [0.29, 0.717) is 32.5 Å². The second kappa shape index (κ2) is 7.39. The molecule has 0 aliphatic rings. The van der Waals surface area contributed by atoms with Crippen molar-refractivity contribution in [2.75, 3.05) is 7.11 Å². The van der Waals surface area contributed by atoms with E-state index in [1.807, 2.05) is 0 Å². The zero-order chi connectivity index (χ0) is 18.8. The monoisotopic (exact) mass is 389 g/mol. The van der Waals surface area contributed by atoms with Crippen molar-refractivity contribution in [2.24, 2.45) is 5.73 Å². The molecule has 1 heterocycles. The number of fused-ring (bicyclic) bond motifs is 1. The van der Waals surface area contributed by atoms with Crippen LogP contribution in [0, 0.1) is 0 Å². The van der Waals surface area contributed by atoms with Crippen LogP contribution >= 0.6 is 23.4 Å². The molecule has 0 spiro atoms. The Kier molecular flexibility index (Phi) is 5.20. The van der Waals surface area contributed by atoms with Crippen LogP contribution in [0.5, 0.6) is 5.75 Å². The highest BCUT2D eigenvalue weighted by molar-refractivity contribution is 8.00. The Morgan fingerprint density at radius 3 is 2.69 bits per heavy atom. The maximum absolute atomic E-state index is 13.1. The predicted octanol–water partition coefficient (Wildman–Crippen LogP) is 3.01. The van der Waals surface area contributed by atoms with Crippen molar-refractivity contribution in [3.63, 3.8) is 0 Å². The number of primary amides is 1. The third kappa shape index (κ3) is 3.40. The van der Waals surface area contributed by atoms with Gasteiger partial charge in [0, 0.05) is 0 Å². The standard InChI is InChI=1S/C18H16ClN3O3S/c1-10(16(20)23)26-18-21-14-6-4-3-5-12(14)17(24)22(18)11-7-8-15(25-2)13(19)9-11/h3-10H,1-2H3,(H2,20,23)/t10-/m1/s1. The minimum absolute atomic E-state index is 0.254. The molecule has 0 saturated heterocycles. The smallest absolute Gasteiger partial charge is 0.266 e. The first kappa shape index (κ1) is 18.3. The van der Waals surface area contributed by atoms with Gasteiger partial charge < -0.3 is 10.5 Å². The van der Waals surface area contributed by atoms with Crippen molar-refractivity contribution >= 4 is 40.2 Å². The van der Waals surface area contributed by atoms with Gasteiger partial charge in [-0.2, -0.15) is 0 Å². The van der Waals surface area contributed by atoms with Crippen molar-refractivity contribution in [3.05, 3.63) is 57.8 Å². The molecule has 0 unspecified atom stereocenters. The summed E-state index contributed by atoms with van der Waals surface area (Å²) in [6.45, 7) is 1.67. The summed E-state index contributed by atoms with van der Waals surface area (Å²) in [4.78, 5) is 29.1. The average molecular weight is 390 g/mol. The molecule has 1 aromatic heterocycles. The first-order valence-corrected chi connectivity index (χ1v) is 9.00. The molecule has 26 heavy (non-hydrogen) atoms. The highest BCUT2D eigenvalue weighted by Gasteiger charge is 2.19. The van der Waals surface area contributed by atoms with E-state index in [2.05, 4.69) is 4.98 Å². The Bertz CT molecular complexity index is 1050. The number of carbonyl (C=O) groups is 1. The molecule has 8 heteroatoms. The first-order valence-electron chi connectivity index (χ1n) is 7.74. The number of methoxy groups -OCH3 is 1. The number of carbonyl (C=O) groups excluding carboxylic acids is 1. The SMILES string of the molecule is COc1ccc(-n2c(S[C@H](C)C(N)=O)nc3ccccc3c2=O)cc1Cl. The molecule has 2 aromatic carbocycles. The number of aromatic nitrogens is 2. The van der Waals surface area contributed by atoms with Gasteiger partial charge in [0.2, 0.25) is 5.91 Å². The van der Waals surface area contributed by atoms with Crippen molar-refractivity contribution in [1.82, 2.24) is 9.55 Å². The Morgan fingerprint density at radius 1 is 1.31 bits per heavy atom. The third-order valence-corrected chi connectivity index (χ3v) is 5.19. The fourth-order valence-electron chi connectivity index (χ4n) is 2.43. The molecule has 3 rings (SSSR count). The van der Waals surface area contributed by atoms with E-state index in [4.69, 9.17) is 22.1 Å². The summed E-state index contributed by atoms with van der Waals surface area (Å²) in [6.07, 6.45) is 0. The number of ether oxygens (including phenoxy) is 1. The summed E-state index contributed by atoms with van der Waals surface area (Å²) in [5.41, 5.74) is 6.19. The van der Waals surface area contributed by atoms with Crippen LogP contribution in [0.4, 0.5) is 0 Å². The molecule has 6 nitrogen and oxygen atoms in total. The number of para-hydroxylation sites is 1. The highest BCUT2D eigenvalue weighted by Crippen LogP contribution is 2.29. The second-order valence-electron chi connectivity index (χ2n) is 5.53. The minimum Gasteiger partial charge on any atom is -0.495 e. The topological polar surface area (TPSA) is 87.2 Å². The Labute approximate surface area is 158 Å². The van der Waals surface area contributed by atoms with Gasteiger partial charge >= 0.3 is 0 Å². The number of rotatable bonds is 5. The quantitative estimate of drug-likeness (QED) is 0.535. The van der Waals surface area contributed by atoms with E-state index in [1.165, 1.54) is 11.7 Å². The number of hydrogen-bond donors (Lipinski definition) is 1. The van der Waals surface area contributed by atoms with E-state index >= 15 is 0 Å². The molecule has 0 saturated carbocycles. The summed E-state index contributed by atoms with van der Waals surface area (Å²) in [5, 5.41) is 0.642. The van der Waals surface area contributed by atoms with Crippen LogP contribution in [-0.2, 0) is 4.79 Å². The molecular weight excluding hydrogens is 374 g/mol. The van der Waals surface area contributed by atoms with Crippen molar-refractivity contribution in [2.45, 2.75) is 17.3 Å². The lowest BCUT2D eigenvalue weighted by molar-refractivity contribution is -0.117. The molecule has 0 radical (unpaired) electrons.